The summed E-state index contributed by atoms with van der Waals surface area (Å²) in [4.78, 5) is 12.2. The first-order chi connectivity index (χ1) is 11.2. The molecule has 2 saturated carbocycles. The summed E-state index contributed by atoms with van der Waals surface area (Å²) >= 11 is 3.44. The number of ether oxygens (including phenoxy) is 2. The Balaban J connectivity index is 1.64. The van der Waals surface area contributed by atoms with Crippen molar-refractivity contribution in [3.8, 4) is 11.5 Å². The van der Waals surface area contributed by atoms with E-state index < -0.39 is 0 Å². The van der Waals surface area contributed by atoms with Crippen LogP contribution in [-0.4, -0.2) is 26.3 Å². The number of methoxy groups -OCH3 is 2. The average Bonchev–Trinajstić information content (AvgIpc) is 3.29. The van der Waals surface area contributed by atoms with Gasteiger partial charge in [-0.3, -0.25) is 4.79 Å². The summed E-state index contributed by atoms with van der Waals surface area (Å²) in [6, 6.07) is 3.63. The van der Waals surface area contributed by atoms with Crippen LogP contribution >= 0.6 is 15.9 Å². The highest BCUT2D eigenvalue weighted by molar-refractivity contribution is 9.10. The average molecular weight is 381 g/mol. The lowest BCUT2D eigenvalue weighted by Gasteiger charge is -2.09. The minimum Gasteiger partial charge on any atom is -0.496 e. The molecule has 23 heavy (non-hydrogen) atoms. The van der Waals surface area contributed by atoms with Crippen molar-refractivity contribution in [2.75, 3.05) is 14.2 Å². The molecule has 1 aromatic rings. The molecule has 1 aromatic carbocycles. The van der Waals surface area contributed by atoms with E-state index in [4.69, 9.17) is 9.47 Å². The topological polar surface area (TPSA) is 59.9 Å². The second-order valence-electron chi connectivity index (χ2n) is 6.10. The van der Waals surface area contributed by atoms with Crippen molar-refractivity contribution in [3.05, 3.63) is 22.2 Å². The van der Waals surface area contributed by atoms with Gasteiger partial charge in [-0.25, -0.2) is 5.43 Å². The Labute approximate surface area is 144 Å². The Bertz CT molecular complexity index is 621. The lowest BCUT2D eigenvalue weighted by Crippen LogP contribution is -2.20. The van der Waals surface area contributed by atoms with Crippen LogP contribution in [0.5, 0.6) is 11.5 Å². The molecule has 0 aliphatic heterocycles. The Morgan fingerprint density at radius 3 is 2.48 bits per heavy atom. The first kappa shape index (κ1) is 16.3. The number of rotatable bonds is 5. The molecular weight excluding hydrogens is 360 g/mol. The fourth-order valence-electron chi connectivity index (χ4n) is 3.61. The molecule has 2 aliphatic carbocycles. The van der Waals surface area contributed by atoms with E-state index in [0.29, 0.717) is 23.3 Å². The van der Waals surface area contributed by atoms with Crippen molar-refractivity contribution >= 4 is 28.1 Å². The molecule has 2 aliphatic rings. The molecule has 6 heteroatoms. The molecule has 0 spiro atoms. The molecule has 3 rings (SSSR count). The molecule has 0 heterocycles. The maximum atomic E-state index is 12.2. The van der Waals surface area contributed by atoms with Crippen molar-refractivity contribution in [2.45, 2.75) is 25.7 Å². The Morgan fingerprint density at radius 1 is 1.22 bits per heavy atom. The van der Waals surface area contributed by atoms with Crippen molar-refractivity contribution < 1.29 is 14.3 Å². The number of carbonyl (C=O) groups is 1. The third kappa shape index (κ3) is 3.37. The monoisotopic (exact) mass is 380 g/mol. The van der Waals surface area contributed by atoms with E-state index in [1.165, 1.54) is 25.7 Å². The van der Waals surface area contributed by atoms with Crippen LogP contribution < -0.4 is 14.9 Å². The zero-order chi connectivity index (χ0) is 16.4. The number of carbonyl (C=O) groups excluding carboxylic acids is 1. The summed E-state index contributed by atoms with van der Waals surface area (Å²) in [5, 5.41) is 4.10. The maximum absolute atomic E-state index is 12.2. The van der Waals surface area contributed by atoms with Crippen LogP contribution in [0.15, 0.2) is 21.7 Å². The Morgan fingerprint density at radius 2 is 1.87 bits per heavy atom. The second-order valence-corrected chi connectivity index (χ2v) is 6.96. The second kappa shape index (κ2) is 6.91. The first-order valence-electron chi connectivity index (χ1n) is 7.90. The molecule has 2 atom stereocenters. The highest BCUT2D eigenvalue weighted by Crippen LogP contribution is 2.55. The maximum Gasteiger partial charge on any atom is 0.243 e. The van der Waals surface area contributed by atoms with Crippen LogP contribution in [0.4, 0.5) is 0 Å². The third-order valence-electron chi connectivity index (χ3n) is 4.84. The largest absolute Gasteiger partial charge is 0.496 e. The number of nitrogens with zero attached hydrogens (tertiary/aromatic N) is 1. The van der Waals surface area contributed by atoms with Crippen LogP contribution in [-0.2, 0) is 4.79 Å². The molecule has 1 amide bonds. The molecule has 124 valence electrons. The number of hydrogen-bond donors (Lipinski definition) is 1. The van der Waals surface area contributed by atoms with Crippen LogP contribution in [0.2, 0.25) is 0 Å². The van der Waals surface area contributed by atoms with Crippen LogP contribution in [0.1, 0.15) is 31.2 Å². The molecule has 5 nitrogen and oxygen atoms in total. The van der Waals surface area contributed by atoms with Gasteiger partial charge in [0, 0.05) is 17.5 Å². The predicted octanol–water partition coefficient (Wildman–Crippen LogP) is 3.35. The van der Waals surface area contributed by atoms with E-state index in [1.54, 1.807) is 26.5 Å². The van der Waals surface area contributed by atoms with Crippen LogP contribution in [0, 0.1) is 17.8 Å². The zero-order valence-corrected chi connectivity index (χ0v) is 14.9. The molecule has 0 saturated heterocycles. The van der Waals surface area contributed by atoms with Crippen molar-refractivity contribution in [1.82, 2.24) is 5.43 Å². The summed E-state index contributed by atoms with van der Waals surface area (Å²) < 4.78 is 11.4. The summed E-state index contributed by atoms with van der Waals surface area (Å²) in [6.45, 7) is 0. The van der Waals surface area contributed by atoms with Gasteiger partial charge in [-0.15, -0.1) is 0 Å². The molecule has 0 bridgehead atoms. The summed E-state index contributed by atoms with van der Waals surface area (Å²) in [5.74, 6) is 2.71. The smallest absolute Gasteiger partial charge is 0.243 e. The summed E-state index contributed by atoms with van der Waals surface area (Å²) in [6.07, 6.45) is 6.49. The SMILES string of the molecule is COc1cc(OC)c(/C=N/NC(=O)C2C3CCCCC32)cc1Br. The van der Waals surface area contributed by atoms with Gasteiger partial charge in [0.05, 0.1) is 24.9 Å². The van der Waals surface area contributed by atoms with Crippen LogP contribution in [0.3, 0.4) is 0 Å². The van der Waals surface area contributed by atoms with E-state index in [0.717, 1.165) is 10.0 Å². The van der Waals surface area contributed by atoms with E-state index in [-0.39, 0.29) is 11.8 Å². The predicted molar refractivity (Wildman–Crippen MR) is 91.9 cm³/mol. The van der Waals surface area contributed by atoms with Crippen LogP contribution in [0.25, 0.3) is 0 Å². The molecular formula is C17H21BrN2O3. The van der Waals surface area contributed by atoms with Gasteiger partial charge in [0.15, 0.2) is 0 Å². The Kier molecular flexibility index (Phi) is 4.90. The number of amides is 1. The van der Waals surface area contributed by atoms with Gasteiger partial charge in [-0.2, -0.15) is 5.10 Å². The number of benzene rings is 1. The summed E-state index contributed by atoms with van der Waals surface area (Å²) in [5.41, 5.74) is 3.45. The molecule has 2 unspecified atom stereocenters. The molecule has 0 radical (unpaired) electrons. The first-order valence-corrected chi connectivity index (χ1v) is 8.69. The standard InChI is InChI=1S/C17H21BrN2O3/c1-22-14-8-15(23-2)13(18)7-10(14)9-19-20-17(21)16-11-5-3-4-6-12(11)16/h7-9,11-12,16H,3-6H2,1-2H3,(H,20,21)/b19-9+. The van der Waals surface area contributed by atoms with Gasteiger partial charge < -0.3 is 9.47 Å². The van der Waals surface area contributed by atoms with Gasteiger partial charge >= 0.3 is 0 Å². The van der Waals surface area contributed by atoms with Gasteiger partial charge in [0.25, 0.3) is 0 Å². The molecule has 0 aromatic heterocycles. The number of hydrogen-bond acceptors (Lipinski definition) is 4. The van der Waals surface area contributed by atoms with Gasteiger partial charge in [0.1, 0.15) is 11.5 Å². The fraction of sp³-hybridized carbons (Fsp3) is 0.529. The Hall–Kier alpha value is -1.56. The van der Waals surface area contributed by atoms with Crippen molar-refractivity contribution in [3.63, 3.8) is 0 Å². The fourth-order valence-corrected chi connectivity index (χ4v) is 4.13. The van der Waals surface area contributed by atoms with E-state index in [9.17, 15) is 4.79 Å². The number of hydrazone groups is 1. The summed E-state index contributed by atoms with van der Waals surface area (Å²) in [7, 11) is 3.19. The van der Waals surface area contributed by atoms with Gasteiger partial charge in [-0.1, -0.05) is 12.8 Å². The number of nitrogens with one attached hydrogen (secondary N) is 1. The van der Waals surface area contributed by atoms with E-state index in [1.807, 2.05) is 6.07 Å². The quantitative estimate of drug-likeness (QED) is 0.629. The number of halogens is 1. The lowest BCUT2D eigenvalue weighted by molar-refractivity contribution is -0.122. The third-order valence-corrected chi connectivity index (χ3v) is 5.46. The number of fused-ring (bicyclic) bond motifs is 1. The molecule has 2 fully saturated rings. The van der Waals surface area contributed by atoms with Crippen molar-refractivity contribution in [1.29, 1.82) is 0 Å². The van der Waals surface area contributed by atoms with Gasteiger partial charge in [-0.05, 0) is 46.7 Å². The zero-order valence-electron chi connectivity index (χ0n) is 13.3. The minimum absolute atomic E-state index is 0.0460. The normalized spacial score (nSPS) is 25.8. The highest BCUT2D eigenvalue weighted by atomic mass is 79.9. The van der Waals surface area contributed by atoms with E-state index in [2.05, 4.69) is 26.5 Å². The van der Waals surface area contributed by atoms with Gasteiger partial charge in [0.2, 0.25) is 5.91 Å². The lowest BCUT2D eigenvalue weighted by atomic mass is 10.0. The minimum atomic E-state index is 0.0460. The van der Waals surface area contributed by atoms with E-state index >= 15 is 0 Å². The molecule has 1 N–H and O–H groups in total. The van der Waals surface area contributed by atoms with Crippen molar-refractivity contribution in [2.24, 2.45) is 22.9 Å². The highest BCUT2D eigenvalue weighted by Gasteiger charge is 2.54.